The quantitative estimate of drug-likeness (QED) is 0.635. The van der Waals surface area contributed by atoms with E-state index in [4.69, 9.17) is 4.74 Å². The highest BCUT2D eigenvalue weighted by atomic mass is 32.1. The van der Waals surface area contributed by atoms with Gasteiger partial charge in [0.15, 0.2) is 0 Å². The maximum Gasteiger partial charge on any atom is 0.248 e. The zero-order valence-corrected chi connectivity index (χ0v) is 14.9. The molecule has 2 aromatic carbocycles. The van der Waals surface area contributed by atoms with E-state index in [1.54, 1.807) is 29.5 Å². The molecule has 0 bridgehead atoms. The van der Waals surface area contributed by atoms with Crippen molar-refractivity contribution in [3.8, 4) is 5.75 Å². The minimum Gasteiger partial charge on any atom is -0.487 e. The summed E-state index contributed by atoms with van der Waals surface area (Å²) >= 11 is 1.58. The Morgan fingerprint density at radius 2 is 2.12 bits per heavy atom. The summed E-state index contributed by atoms with van der Waals surface area (Å²) < 4.78 is 19.3. The van der Waals surface area contributed by atoms with E-state index in [2.05, 4.69) is 10.3 Å². The van der Waals surface area contributed by atoms with E-state index in [1.165, 1.54) is 18.2 Å². The Morgan fingerprint density at radius 1 is 1.27 bits per heavy atom. The highest BCUT2D eigenvalue weighted by molar-refractivity contribution is 7.09. The molecule has 0 saturated heterocycles. The molecule has 3 rings (SSSR count). The molecule has 0 spiro atoms. The first kappa shape index (κ1) is 17.8. The Balaban J connectivity index is 1.59. The van der Waals surface area contributed by atoms with Crippen LogP contribution >= 0.6 is 11.3 Å². The molecule has 0 unspecified atom stereocenters. The lowest BCUT2D eigenvalue weighted by Crippen LogP contribution is -2.08. The zero-order chi connectivity index (χ0) is 18.4. The molecule has 0 aliphatic rings. The number of anilines is 1. The fraction of sp³-hybridized carbons (Fsp3) is 0.100. The van der Waals surface area contributed by atoms with Crippen molar-refractivity contribution in [2.24, 2.45) is 0 Å². The molecule has 0 saturated carbocycles. The number of halogens is 1. The molecule has 0 radical (unpaired) electrons. The van der Waals surface area contributed by atoms with Gasteiger partial charge >= 0.3 is 0 Å². The molecule has 132 valence electrons. The van der Waals surface area contributed by atoms with E-state index in [0.29, 0.717) is 12.4 Å². The van der Waals surface area contributed by atoms with Crippen molar-refractivity contribution in [2.75, 3.05) is 5.32 Å². The number of carbonyl (C=O) groups excluding carboxylic acids is 1. The second-order valence-electron chi connectivity index (χ2n) is 5.52. The van der Waals surface area contributed by atoms with Crippen LogP contribution in [0.1, 0.15) is 16.3 Å². The molecule has 6 heteroatoms. The molecule has 4 nitrogen and oxygen atoms in total. The van der Waals surface area contributed by atoms with Crippen molar-refractivity contribution in [3.63, 3.8) is 0 Å². The molecule has 1 heterocycles. The van der Waals surface area contributed by atoms with Crippen LogP contribution in [0, 0.1) is 12.7 Å². The Bertz CT molecular complexity index is 937. The highest BCUT2D eigenvalue weighted by Crippen LogP contribution is 2.17. The monoisotopic (exact) mass is 368 g/mol. The van der Waals surface area contributed by atoms with Gasteiger partial charge in [-0.2, -0.15) is 0 Å². The van der Waals surface area contributed by atoms with Crippen LogP contribution in [-0.2, 0) is 11.4 Å². The van der Waals surface area contributed by atoms with E-state index in [9.17, 15) is 9.18 Å². The third-order valence-electron chi connectivity index (χ3n) is 3.47. The first-order valence-electron chi connectivity index (χ1n) is 7.97. The number of carbonyl (C=O) groups is 1. The highest BCUT2D eigenvalue weighted by Gasteiger charge is 2.04. The zero-order valence-electron chi connectivity index (χ0n) is 14.1. The van der Waals surface area contributed by atoms with E-state index in [-0.39, 0.29) is 5.69 Å². The number of aromatic nitrogens is 1. The number of thiazole rings is 1. The Labute approximate surface area is 155 Å². The number of hydrogen-bond acceptors (Lipinski definition) is 4. The van der Waals surface area contributed by atoms with E-state index >= 15 is 0 Å². The first-order chi connectivity index (χ1) is 12.6. The van der Waals surface area contributed by atoms with Crippen molar-refractivity contribution in [2.45, 2.75) is 13.5 Å². The Hall–Kier alpha value is -2.99. The first-order valence-corrected chi connectivity index (χ1v) is 8.85. The van der Waals surface area contributed by atoms with Crippen molar-refractivity contribution in [1.29, 1.82) is 0 Å². The number of hydrogen-bond donors (Lipinski definition) is 1. The molecule has 0 atom stereocenters. The predicted molar refractivity (Wildman–Crippen MR) is 102 cm³/mol. The summed E-state index contributed by atoms with van der Waals surface area (Å²) in [5.41, 5.74) is 1.84. The topological polar surface area (TPSA) is 51.2 Å². The van der Waals surface area contributed by atoms with Gasteiger partial charge in [0.25, 0.3) is 0 Å². The molecule has 1 aromatic heterocycles. The minimum absolute atomic E-state index is 0.151. The normalized spacial score (nSPS) is 10.8. The lowest BCUT2D eigenvalue weighted by molar-refractivity contribution is -0.111. The number of nitrogens with zero attached hydrogens (tertiary/aromatic N) is 1. The molecule has 0 fully saturated rings. The van der Waals surface area contributed by atoms with Gasteiger partial charge < -0.3 is 10.1 Å². The number of amides is 1. The molecular formula is C20H17FN2O2S. The van der Waals surface area contributed by atoms with Crippen molar-refractivity contribution in [3.05, 3.63) is 82.1 Å². The Morgan fingerprint density at radius 3 is 2.88 bits per heavy atom. The van der Waals surface area contributed by atoms with Crippen LogP contribution in [0.3, 0.4) is 0 Å². The standard InChI is InChI=1S/C20H17FN2O2S/c1-14-22-16(13-26-14)12-25-17-6-4-5-15(11-17)9-10-20(24)23-19-8-3-2-7-18(19)21/h2-11,13H,12H2,1H3,(H,23,24)/b10-9+. The van der Waals surface area contributed by atoms with Crippen LogP contribution in [0.4, 0.5) is 10.1 Å². The molecular weight excluding hydrogens is 351 g/mol. The molecule has 1 N–H and O–H groups in total. The number of aryl methyl sites for hydroxylation is 1. The summed E-state index contributed by atoms with van der Waals surface area (Å²) in [6.07, 6.45) is 3.01. The summed E-state index contributed by atoms with van der Waals surface area (Å²) in [5.74, 6) is -0.186. The van der Waals surface area contributed by atoms with Crippen LogP contribution in [0.2, 0.25) is 0 Å². The maximum absolute atomic E-state index is 13.5. The van der Waals surface area contributed by atoms with E-state index < -0.39 is 11.7 Å². The summed E-state index contributed by atoms with van der Waals surface area (Å²) in [4.78, 5) is 16.3. The van der Waals surface area contributed by atoms with Crippen LogP contribution in [0.5, 0.6) is 5.75 Å². The second kappa shape index (κ2) is 8.40. The van der Waals surface area contributed by atoms with Gasteiger partial charge in [0.2, 0.25) is 5.91 Å². The van der Waals surface area contributed by atoms with Crippen LogP contribution in [0.25, 0.3) is 6.08 Å². The van der Waals surface area contributed by atoms with Gasteiger partial charge in [0.05, 0.1) is 16.4 Å². The SMILES string of the molecule is Cc1nc(COc2cccc(/C=C/C(=O)Nc3ccccc3F)c2)cs1. The summed E-state index contributed by atoms with van der Waals surface area (Å²) in [6, 6.07) is 13.4. The summed E-state index contributed by atoms with van der Waals surface area (Å²) in [6.45, 7) is 2.34. The number of ether oxygens (including phenoxy) is 1. The Kier molecular flexibility index (Phi) is 5.76. The van der Waals surface area contributed by atoms with Gasteiger partial charge in [-0.15, -0.1) is 11.3 Å². The van der Waals surface area contributed by atoms with Gasteiger partial charge in [-0.25, -0.2) is 9.37 Å². The predicted octanol–water partition coefficient (Wildman–Crippen LogP) is 4.82. The van der Waals surface area contributed by atoms with Gasteiger partial charge in [-0.3, -0.25) is 4.79 Å². The number of nitrogens with one attached hydrogen (secondary N) is 1. The fourth-order valence-corrected chi connectivity index (χ4v) is 2.85. The third-order valence-corrected chi connectivity index (χ3v) is 4.29. The molecule has 0 aliphatic heterocycles. The van der Waals surface area contributed by atoms with E-state index in [0.717, 1.165) is 16.3 Å². The lowest BCUT2D eigenvalue weighted by atomic mass is 10.2. The fourth-order valence-electron chi connectivity index (χ4n) is 2.25. The van der Waals surface area contributed by atoms with E-state index in [1.807, 2.05) is 36.6 Å². The van der Waals surface area contributed by atoms with Gasteiger partial charge in [0, 0.05) is 11.5 Å². The number of para-hydroxylation sites is 1. The molecule has 0 aliphatic carbocycles. The van der Waals surface area contributed by atoms with Crippen molar-refractivity contribution in [1.82, 2.24) is 4.98 Å². The average Bonchev–Trinajstić information content (AvgIpc) is 3.06. The van der Waals surface area contributed by atoms with Gasteiger partial charge in [-0.05, 0) is 42.8 Å². The largest absolute Gasteiger partial charge is 0.487 e. The summed E-state index contributed by atoms with van der Waals surface area (Å²) in [7, 11) is 0. The number of benzene rings is 2. The molecule has 26 heavy (non-hydrogen) atoms. The smallest absolute Gasteiger partial charge is 0.248 e. The minimum atomic E-state index is -0.470. The van der Waals surface area contributed by atoms with Gasteiger partial charge in [-0.1, -0.05) is 24.3 Å². The maximum atomic E-state index is 13.5. The average molecular weight is 368 g/mol. The van der Waals surface area contributed by atoms with Crippen LogP contribution < -0.4 is 10.1 Å². The van der Waals surface area contributed by atoms with Crippen LogP contribution in [-0.4, -0.2) is 10.9 Å². The third kappa shape index (κ3) is 5.00. The van der Waals surface area contributed by atoms with Crippen LogP contribution in [0.15, 0.2) is 60.0 Å². The van der Waals surface area contributed by atoms with Gasteiger partial charge in [0.1, 0.15) is 18.2 Å². The van der Waals surface area contributed by atoms with Crippen molar-refractivity contribution >= 4 is 29.0 Å². The van der Waals surface area contributed by atoms with Crippen molar-refractivity contribution < 1.29 is 13.9 Å². The lowest BCUT2D eigenvalue weighted by Gasteiger charge is -2.05. The second-order valence-corrected chi connectivity index (χ2v) is 6.58. The summed E-state index contributed by atoms with van der Waals surface area (Å²) in [5, 5.41) is 5.47. The molecule has 1 amide bonds. The molecule has 3 aromatic rings. The number of rotatable bonds is 6.